The van der Waals surface area contributed by atoms with Crippen LogP contribution in [0.1, 0.15) is 43.8 Å². The van der Waals surface area contributed by atoms with Crippen LogP contribution in [0.4, 0.5) is 0 Å². The van der Waals surface area contributed by atoms with Gasteiger partial charge in [0.05, 0.1) is 6.54 Å². The molecule has 1 heterocycles. The summed E-state index contributed by atoms with van der Waals surface area (Å²) in [5.41, 5.74) is 3.56. The molecule has 1 atom stereocenters. The number of aryl methyl sites for hydroxylation is 1. The molecule has 2 aromatic carbocycles. The molecule has 4 heteroatoms. The summed E-state index contributed by atoms with van der Waals surface area (Å²) in [4.78, 5) is 4.52. The van der Waals surface area contributed by atoms with E-state index >= 15 is 0 Å². The predicted molar refractivity (Wildman–Crippen MR) is 100.0 cm³/mol. The SMILES string of the molecule is CCc1ccc(-c2noc(CN[C@H](c3ccccc3)C(C)C)n2)cc1. The van der Waals surface area contributed by atoms with Crippen LogP contribution in [0.25, 0.3) is 11.4 Å². The summed E-state index contributed by atoms with van der Waals surface area (Å²) in [6.45, 7) is 7.11. The van der Waals surface area contributed by atoms with Gasteiger partial charge in [-0.1, -0.05) is 80.5 Å². The van der Waals surface area contributed by atoms with Crippen LogP contribution in [0.3, 0.4) is 0 Å². The molecule has 0 aliphatic carbocycles. The van der Waals surface area contributed by atoms with E-state index in [1.165, 1.54) is 11.1 Å². The first kappa shape index (κ1) is 17.4. The second kappa shape index (κ2) is 8.08. The fraction of sp³-hybridized carbons (Fsp3) is 0.333. The van der Waals surface area contributed by atoms with Crippen LogP contribution in [0.2, 0.25) is 0 Å². The van der Waals surface area contributed by atoms with Gasteiger partial charge in [0.2, 0.25) is 11.7 Å². The highest BCUT2D eigenvalue weighted by molar-refractivity contribution is 5.54. The number of nitrogens with one attached hydrogen (secondary N) is 1. The van der Waals surface area contributed by atoms with Gasteiger partial charge in [-0.2, -0.15) is 4.98 Å². The molecule has 0 saturated heterocycles. The predicted octanol–water partition coefficient (Wildman–Crippen LogP) is 4.79. The average Bonchev–Trinajstić information content (AvgIpc) is 3.11. The van der Waals surface area contributed by atoms with E-state index in [4.69, 9.17) is 4.52 Å². The highest BCUT2D eigenvalue weighted by atomic mass is 16.5. The Hall–Kier alpha value is -2.46. The van der Waals surface area contributed by atoms with Crippen LogP contribution in [0.15, 0.2) is 59.1 Å². The van der Waals surface area contributed by atoms with Gasteiger partial charge in [0, 0.05) is 11.6 Å². The van der Waals surface area contributed by atoms with Crippen molar-refractivity contribution in [3.63, 3.8) is 0 Å². The largest absolute Gasteiger partial charge is 0.338 e. The summed E-state index contributed by atoms with van der Waals surface area (Å²) in [5.74, 6) is 1.71. The highest BCUT2D eigenvalue weighted by Crippen LogP contribution is 2.22. The molecule has 130 valence electrons. The average molecular weight is 335 g/mol. The van der Waals surface area contributed by atoms with Gasteiger partial charge in [0.15, 0.2) is 0 Å². The maximum Gasteiger partial charge on any atom is 0.240 e. The van der Waals surface area contributed by atoms with E-state index < -0.39 is 0 Å². The maximum absolute atomic E-state index is 5.42. The maximum atomic E-state index is 5.42. The second-order valence-electron chi connectivity index (χ2n) is 6.58. The van der Waals surface area contributed by atoms with Gasteiger partial charge >= 0.3 is 0 Å². The van der Waals surface area contributed by atoms with Crippen molar-refractivity contribution in [3.8, 4) is 11.4 Å². The van der Waals surface area contributed by atoms with Gasteiger partial charge in [0.25, 0.3) is 0 Å². The molecule has 0 amide bonds. The van der Waals surface area contributed by atoms with Crippen molar-refractivity contribution < 1.29 is 4.52 Å². The van der Waals surface area contributed by atoms with Gasteiger partial charge in [-0.15, -0.1) is 0 Å². The third-order valence-corrected chi connectivity index (χ3v) is 4.39. The lowest BCUT2D eigenvalue weighted by Crippen LogP contribution is -2.25. The number of benzene rings is 2. The Balaban J connectivity index is 1.68. The van der Waals surface area contributed by atoms with E-state index in [1.807, 2.05) is 18.2 Å². The van der Waals surface area contributed by atoms with Gasteiger partial charge < -0.3 is 9.84 Å². The van der Waals surface area contributed by atoms with Gasteiger partial charge in [-0.25, -0.2) is 0 Å². The summed E-state index contributed by atoms with van der Waals surface area (Å²) >= 11 is 0. The monoisotopic (exact) mass is 335 g/mol. The summed E-state index contributed by atoms with van der Waals surface area (Å²) in [5, 5.41) is 7.65. The molecule has 0 bridgehead atoms. The first-order valence-corrected chi connectivity index (χ1v) is 8.87. The number of aromatic nitrogens is 2. The molecule has 0 aliphatic heterocycles. The normalized spacial score (nSPS) is 12.5. The Bertz CT molecular complexity index is 778. The fourth-order valence-electron chi connectivity index (χ4n) is 2.93. The quantitative estimate of drug-likeness (QED) is 0.675. The minimum Gasteiger partial charge on any atom is -0.338 e. The molecule has 0 saturated carbocycles. The molecule has 3 aromatic rings. The molecule has 0 fully saturated rings. The standard InChI is InChI=1S/C21H25N3O/c1-4-16-10-12-18(13-11-16)21-23-19(25-24-21)14-22-20(15(2)3)17-8-6-5-7-9-17/h5-13,15,20,22H,4,14H2,1-3H3/t20-/m0/s1. The van der Waals surface area contributed by atoms with Crippen molar-refractivity contribution in [2.24, 2.45) is 5.92 Å². The molecule has 0 aliphatic rings. The molecule has 1 N–H and O–H groups in total. The van der Waals surface area contributed by atoms with E-state index in [1.54, 1.807) is 0 Å². The van der Waals surface area contributed by atoms with Crippen molar-refractivity contribution in [1.82, 2.24) is 15.5 Å². The minimum absolute atomic E-state index is 0.250. The Morgan fingerprint density at radius 3 is 2.36 bits per heavy atom. The molecule has 3 rings (SSSR count). The molecular formula is C21H25N3O. The van der Waals surface area contributed by atoms with Crippen LogP contribution in [0.5, 0.6) is 0 Å². The van der Waals surface area contributed by atoms with E-state index in [9.17, 15) is 0 Å². The smallest absolute Gasteiger partial charge is 0.240 e. The van der Waals surface area contributed by atoms with Crippen molar-refractivity contribution in [2.75, 3.05) is 0 Å². The molecule has 0 unspecified atom stereocenters. The lowest BCUT2D eigenvalue weighted by Gasteiger charge is -2.22. The number of hydrogen-bond donors (Lipinski definition) is 1. The number of nitrogens with zero attached hydrogens (tertiary/aromatic N) is 2. The Morgan fingerprint density at radius 2 is 1.72 bits per heavy atom. The van der Waals surface area contributed by atoms with Crippen molar-refractivity contribution in [2.45, 2.75) is 39.8 Å². The molecule has 4 nitrogen and oxygen atoms in total. The Morgan fingerprint density at radius 1 is 1.00 bits per heavy atom. The highest BCUT2D eigenvalue weighted by Gasteiger charge is 2.16. The summed E-state index contributed by atoms with van der Waals surface area (Å²) < 4.78 is 5.42. The van der Waals surface area contributed by atoms with Crippen LogP contribution >= 0.6 is 0 Å². The van der Waals surface area contributed by atoms with Gasteiger partial charge in [0.1, 0.15) is 0 Å². The molecule has 0 spiro atoms. The summed E-state index contributed by atoms with van der Waals surface area (Å²) in [6, 6.07) is 19.0. The molecular weight excluding hydrogens is 310 g/mol. The third kappa shape index (κ3) is 4.34. The van der Waals surface area contributed by atoms with Crippen molar-refractivity contribution in [3.05, 3.63) is 71.6 Å². The summed E-state index contributed by atoms with van der Waals surface area (Å²) in [7, 11) is 0. The summed E-state index contributed by atoms with van der Waals surface area (Å²) in [6.07, 6.45) is 1.03. The lowest BCUT2D eigenvalue weighted by molar-refractivity contribution is 0.338. The third-order valence-electron chi connectivity index (χ3n) is 4.39. The van der Waals surface area contributed by atoms with Gasteiger partial charge in [-0.05, 0) is 23.5 Å². The number of rotatable bonds is 7. The van der Waals surface area contributed by atoms with E-state index in [2.05, 4.69) is 72.6 Å². The Labute approximate surface area is 149 Å². The van der Waals surface area contributed by atoms with Crippen molar-refractivity contribution in [1.29, 1.82) is 0 Å². The number of hydrogen-bond acceptors (Lipinski definition) is 4. The van der Waals surface area contributed by atoms with Crippen LogP contribution in [0, 0.1) is 5.92 Å². The van der Waals surface area contributed by atoms with E-state index in [0.717, 1.165) is 12.0 Å². The fourth-order valence-corrected chi connectivity index (χ4v) is 2.93. The second-order valence-corrected chi connectivity index (χ2v) is 6.58. The Kier molecular flexibility index (Phi) is 5.61. The van der Waals surface area contributed by atoms with E-state index in [0.29, 0.717) is 24.2 Å². The van der Waals surface area contributed by atoms with Crippen LogP contribution < -0.4 is 5.32 Å². The topological polar surface area (TPSA) is 51.0 Å². The molecule has 25 heavy (non-hydrogen) atoms. The first-order chi connectivity index (χ1) is 12.2. The lowest BCUT2D eigenvalue weighted by atomic mass is 9.96. The van der Waals surface area contributed by atoms with Gasteiger partial charge in [-0.3, -0.25) is 0 Å². The molecule has 1 aromatic heterocycles. The zero-order chi connectivity index (χ0) is 17.6. The van der Waals surface area contributed by atoms with E-state index in [-0.39, 0.29) is 6.04 Å². The molecule has 0 radical (unpaired) electrons. The minimum atomic E-state index is 0.250. The van der Waals surface area contributed by atoms with Crippen LogP contribution in [-0.4, -0.2) is 10.1 Å². The zero-order valence-corrected chi connectivity index (χ0v) is 15.1. The van der Waals surface area contributed by atoms with Crippen molar-refractivity contribution >= 4 is 0 Å². The van der Waals surface area contributed by atoms with Crippen LogP contribution in [-0.2, 0) is 13.0 Å². The zero-order valence-electron chi connectivity index (χ0n) is 15.1. The first-order valence-electron chi connectivity index (χ1n) is 8.87.